The number of rotatable bonds is 7. The highest BCUT2D eigenvalue weighted by atomic mass is 16.5. The van der Waals surface area contributed by atoms with Crippen LogP contribution in [-0.4, -0.2) is 19.8 Å². The molecule has 1 aliphatic carbocycles. The van der Waals surface area contributed by atoms with Crippen molar-refractivity contribution < 1.29 is 9.47 Å². The summed E-state index contributed by atoms with van der Waals surface area (Å²) in [6.45, 7) is 8.24. The van der Waals surface area contributed by atoms with E-state index in [1.807, 2.05) is 13.0 Å². The summed E-state index contributed by atoms with van der Waals surface area (Å²) < 4.78 is 11.0. The van der Waals surface area contributed by atoms with E-state index in [0.29, 0.717) is 12.6 Å². The number of nitrogens with one attached hydrogen (secondary N) is 1. The van der Waals surface area contributed by atoms with Crippen molar-refractivity contribution in [1.82, 2.24) is 5.32 Å². The summed E-state index contributed by atoms with van der Waals surface area (Å²) in [4.78, 5) is 0. The summed E-state index contributed by atoms with van der Waals surface area (Å²) in [5, 5.41) is 3.72. The highest BCUT2D eigenvalue weighted by Crippen LogP contribution is 2.34. The van der Waals surface area contributed by atoms with Gasteiger partial charge in [-0.15, -0.1) is 0 Å². The minimum absolute atomic E-state index is 0.646. The van der Waals surface area contributed by atoms with Crippen LogP contribution < -0.4 is 14.8 Å². The molecule has 21 heavy (non-hydrogen) atoms. The summed E-state index contributed by atoms with van der Waals surface area (Å²) in [6, 6.07) is 6.85. The van der Waals surface area contributed by atoms with Crippen LogP contribution in [0.2, 0.25) is 0 Å². The molecule has 0 heterocycles. The molecule has 0 radical (unpaired) electrons. The second kappa shape index (κ2) is 7.69. The van der Waals surface area contributed by atoms with E-state index in [0.717, 1.165) is 29.9 Å². The average Bonchev–Trinajstić information content (AvgIpc) is 2.86. The van der Waals surface area contributed by atoms with Crippen LogP contribution in [0.4, 0.5) is 0 Å². The minimum atomic E-state index is 0.646. The number of hydrogen-bond donors (Lipinski definition) is 1. The summed E-state index contributed by atoms with van der Waals surface area (Å²) in [5.41, 5.74) is 1.25. The van der Waals surface area contributed by atoms with Gasteiger partial charge < -0.3 is 14.8 Å². The Bertz CT molecular complexity index is 447. The van der Waals surface area contributed by atoms with Gasteiger partial charge in [0.2, 0.25) is 0 Å². The van der Waals surface area contributed by atoms with Crippen molar-refractivity contribution in [3.05, 3.63) is 23.8 Å². The fourth-order valence-corrected chi connectivity index (χ4v) is 3.46. The second-order valence-corrected chi connectivity index (χ2v) is 6.01. The first-order valence-electron chi connectivity index (χ1n) is 8.22. The van der Waals surface area contributed by atoms with Gasteiger partial charge in [0, 0.05) is 12.6 Å². The van der Waals surface area contributed by atoms with Crippen molar-refractivity contribution in [2.75, 3.05) is 13.7 Å². The van der Waals surface area contributed by atoms with Crippen LogP contribution in [0, 0.1) is 11.8 Å². The van der Waals surface area contributed by atoms with Gasteiger partial charge in [0.25, 0.3) is 0 Å². The van der Waals surface area contributed by atoms with Gasteiger partial charge in [-0.1, -0.05) is 26.3 Å². The van der Waals surface area contributed by atoms with Gasteiger partial charge in [0.05, 0.1) is 13.7 Å². The van der Waals surface area contributed by atoms with Crippen LogP contribution in [0.5, 0.6) is 11.5 Å². The van der Waals surface area contributed by atoms with Gasteiger partial charge in [-0.05, 0) is 49.3 Å². The van der Waals surface area contributed by atoms with E-state index in [-0.39, 0.29) is 0 Å². The Labute approximate surface area is 129 Å². The zero-order valence-corrected chi connectivity index (χ0v) is 13.8. The number of hydrogen-bond acceptors (Lipinski definition) is 3. The Morgan fingerprint density at radius 1 is 1.19 bits per heavy atom. The number of ether oxygens (including phenoxy) is 2. The molecule has 0 amide bonds. The highest BCUT2D eigenvalue weighted by Gasteiger charge is 2.30. The molecular weight excluding hydrogens is 262 g/mol. The Hall–Kier alpha value is -1.22. The van der Waals surface area contributed by atoms with E-state index in [1.54, 1.807) is 7.11 Å². The zero-order chi connectivity index (χ0) is 15.2. The lowest BCUT2D eigenvalue weighted by molar-refractivity contribution is 0.310. The molecule has 0 spiro atoms. The van der Waals surface area contributed by atoms with Gasteiger partial charge in [-0.25, -0.2) is 0 Å². The van der Waals surface area contributed by atoms with Crippen LogP contribution in [0.15, 0.2) is 18.2 Å². The van der Waals surface area contributed by atoms with Crippen molar-refractivity contribution in [3.63, 3.8) is 0 Å². The van der Waals surface area contributed by atoms with E-state index in [4.69, 9.17) is 9.47 Å². The molecule has 1 aliphatic rings. The molecule has 3 atom stereocenters. The van der Waals surface area contributed by atoms with Crippen LogP contribution >= 0.6 is 0 Å². The van der Waals surface area contributed by atoms with Gasteiger partial charge in [0.15, 0.2) is 11.5 Å². The van der Waals surface area contributed by atoms with Crippen LogP contribution in [0.3, 0.4) is 0 Å². The predicted molar refractivity (Wildman–Crippen MR) is 87.0 cm³/mol. The van der Waals surface area contributed by atoms with E-state index in [1.165, 1.54) is 24.8 Å². The lowest BCUT2D eigenvalue weighted by Gasteiger charge is -2.21. The standard InChI is InChI=1S/C18H29NO2/c1-5-15-8-9-16(13(15)3)19-12-14-7-10-17(21-6-2)18(11-14)20-4/h7,10-11,13,15-16,19H,5-6,8-9,12H2,1-4H3. The smallest absolute Gasteiger partial charge is 0.161 e. The average molecular weight is 291 g/mol. The van der Waals surface area contributed by atoms with Crippen molar-refractivity contribution in [1.29, 1.82) is 0 Å². The third kappa shape index (κ3) is 3.91. The van der Waals surface area contributed by atoms with E-state index < -0.39 is 0 Å². The molecule has 1 fully saturated rings. The summed E-state index contributed by atoms with van der Waals surface area (Å²) in [7, 11) is 1.69. The molecule has 3 unspecified atom stereocenters. The van der Waals surface area contributed by atoms with Gasteiger partial charge in [-0.3, -0.25) is 0 Å². The molecule has 0 aromatic heterocycles. The van der Waals surface area contributed by atoms with Gasteiger partial charge in [0.1, 0.15) is 0 Å². The predicted octanol–water partition coefficient (Wildman–Crippen LogP) is 4.01. The topological polar surface area (TPSA) is 30.5 Å². The summed E-state index contributed by atoms with van der Waals surface area (Å²) >= 11 is 0. The number of methoxy groups -OCH3 is 1. The molecule has 118 valence electrons. The summed E-state index contributed by atoms with van der Waals surface area (Å²) in [6.07, 6.45) is 3.96. The lowest BCUT2D eigenvalue weighted by atomic mass is 9.93. The van der Waals surface area contributed by atoms with Gasteiger partial charge >= 0.3 is 0 Å². The first kappa shape index (κ1) is 16.2. The fraction of sp³-hybridized carbons (Fsp3) is 0.667. The lowest BCUT2D eigenvalue weighted by Crippen LogP contribution is -2.32. The van der Waals surface area contributed by atoms with E-state index >= 15 is 0 Å². The molecule has 1 aromatic rings. The molecule has 1 saturated carbocycles. The van der Waals surface area contributed by atoms with Crippen LogP contribution in [-0.2, 0) is 6.54 Å². The Morgan fingerprint density at radius 3 is 2.62 bits per heavy atom. The molecule has 1 N–H and O–H groups in total. The molecule has 0 aliphatic heterocycles. The SMILES string of the molecule is CCOc1ccc(CNC2CCC(CC)C2C)cc1OC. The Morgan fingerprint density at radius 2 is 2.00 bits per heavy atom. The molecule has 1 aromatic carbocycles. The molecule has 0 saturated heterocycles. The normalized spacial score (nSPS) is 25.0. The maximum Gasteiger partial charge on any atom is 0.161 e. The molecule has 3 heteroatoms. The highest BCUT2D eigenvalue weighted by molar-refractivity contribution is 5.42. The quantitative estimate of drug-likeness (QED) is 0.823. The monoisotopic (exact) mass is 291 g/mol. The van der Waals surface area contributed by atoms with Crippen molar-refractivity contribution >= 4 is 0 Å². The number of benzene rings is 1. The van der Waals surface area contributed by atoms with E-state index in [9.17, 15) is 0 Å². The second-order valence-electron chi connectivity index (χ2n) is 6.01. The largest absolute Gasteiger partial charge is 0.493 e. The first-order chi connectivity index (χ1) is 10.2. The van der Waals surface area contributed by atoms with Crippen molar-refractivity contribution in [2.24, 2.45) is 11.8 Å². The van der Waals surface area contributed by atoms with Crippen LogP contribution in [0.25, 0.3) is 0 Å². The minimum Gasteiger partial charge on any atom is -0.493 e. The first-order valence-corrected chi connectivity index (χ1v) is 8.22. The molecule has 0 bridgehead atoms. The zero-order valence-electron chi connectivity index (χ0n) is 13.8. The Kier molecular flexibility index (Phi) is 5.92. The third-order valence-electron chi connectivity index (χ3n) is 4.85. The molecule has 3 nitrogen and oxygen atoms in total. The maximum atomic E-state index is 5.56. The van der Waals surface area contributed by atoms with Gasteiger partial charge in [-0.2, -0.15) is 0 Å². The molecular formula is C18H29NO2. The van der Waals surface area contributed by atoms with E-state index in [2.05, 4.69) is 31.3 Å². The fourth-order valence-electron chi connectivity index (χ4n) is 3.46. The van der Waals surface area contributed by atoms with Crippen molar-refractivity contribution in [3.8, 4) is 11.5 Å². The van der Waals surface area contributed by atoms with Crippen LogP contribution in [0.1, 0.15) is 45.6 Å². The maximum absolute atomic E-state index is 5.56. The summed E-state index contributed by atoms with van der Waals surface area (Å²) in [5.74, 6) is 3.31. The third-order valence-corrected chi connectivity index (χ3v) is 4.85. The molecule has 2 rings (SSSR count). The Balaban J connectivity index is 1.94. The van der Waals surface area contributed by atoms with Crippen molar-refractivity contribution in [2.45, 2.75) is 52.6 Å².